The van der Waals surface area contributed by atoms with Gasteiger partial charge in [0, 0.05) is 22.1 Å². The molecule has 0 aliphatic heterocycles. The first-order valence-corrected chi connectivity index (χ1v) is 7.63. The number of aromatic carboxylic acids is 1. The maximum atomic E-state index is 11.1. The summed E-state index contributed by atoms with van der Waals surface area (Å²) in [6, 6.07) is 1.13. The number of hydrogen-bond donors (Lipinski definition) is 1. The number of aromatic nitrogens is 1. The van der Waals surface area contributed by atoms with Crippen molar-refractivity contribution in [3.05, 3.63) is 21.5 Å². The number of nitrogens with zero attached hydrogens (tertiary/aromatic N) is 1. The van der Waals surface area contributed by atoms with E-state index in [1.807, 2.05) is 22.6 Å². The number of carbonyl (C=O) groups is 1. The van der Waals surface area contributed by atoms with Crippen LogP contribution in [0, 0.1) is 3.57 Å². The summed E-state index contributed by atoms with van der Waals surface area (Å²) in [4.78, 5) is 10.9. The molecule has 0 saturated carbocycles. The molecule has 1 aromatic rings. The van der Waals surface area contributed by atoms with E-state index in [2.05, 4.69) is 0 Å². The number of sulfone groups is 1. The molecule has 1 atom stereocenters. The lowest BCUT2D eigenvalue weighted by molar-refractivity contribution is 0.0683. The predicted molar refractivity (Wildman–Crippen MR) is 68.5 cm³/mol. The zero-order valence-electron chi connectivity index (χ0n) is 8.84. The molecule has 1 unspecified atom stereocenters. The molecule has 0 aliphatic rings. The minimum absolute atomic E-state index is 0.0714. The Hall–Kier alpha value is -0.570. The van der Waals surface area contributed by atoms with Crippen LogP contribution in [-0.4, -0.2) is 36.1 Å². The SMILES string of the molecule is CC(CS(C)(=O)=O)n1cc(I)cc1C(=O)O. The van der Waals surface area contributed by atoms with Gasteiger partial charge >= 0.3 is 5.97 Å². The monoisotopic (exact) mass is 357 g/mol. The van der Waals surface area contributed by atoms with E-state index >= 15 is 0 Å². The zero-order chi connectivity index (χ0) is 12.5. The Morgan fingerprint density at radius 3 is 2.62 bits per heavy atom. The molecule has 1 N–H and O–H groups in total. The molecule has 1 rings (SSSR count). The summed E-state index contributed by atoms with van der Waals surface area (Å²) in [6.45, 7) is 1.68. The van der Waals surface area contributed by atoms with Gasteiger partial charge in [0.25, 0.3) is 0 Å². The van der Waals surface area contributed by atoms with Gasteiger partial charge in [0.05, 0.1) is 5.75 Å². The minimum Gasteiger partial charge on any atom is -0.477 e. The summed E-state index contributed by atoms with van der Waals surface area (Å²) in [6.07, 6.45) is 2.78. The number of carboxylic acid groups (broad SMARTS) is 1. The van der Waals surface area contributed by atoms with E-state index in [1.54, 1.807) is 13.1 Å². The first-order chi connectivity index (χ1) is 7.20. The Morgan fingerprint density at radius 1 is 1.62 bits per heavy atom. The number of halogens is 1. The molecule has 0 spiro atoms. The number of rotatable bonds is 4. The Balaban J connectivity index is 3.08. The number of carboxylic acids is 1. The second-order valence-corrected chi connectivity index (χ2v) is 7.13. The molecule has 5 nitrogen and oxygen atoms in total. The Labute approximate surface area is 108 Å². The van der Waals surface area contributed by atoms with Crippen molar-refractivity contribution in [2.75, 3.05) is 12.0 Å². The predicted octanol–water partition coefficient (Wildman–Crippen LogP) is 1.40. The average molecular weight is 357 g/mol. The van der Waals surface area contributed by atoms with Crippen molar-refractivity contribution in [3.63, 3.8) is 0 Å². The molecule has 7 heteroatoms. The molecule has 1 heterocycles. The molecule has 1 aromatic heterocycles. The Morgan fingerprint density at radius 2 is 2.19 bits per heavy atom. The maximum Gasteiger partial charge on any atom is 0.352 e. The van der Waals surface area contributed by atoms with Crippen molar-refractivity contribution in [3.8, 4) is 0 Å². The van der Waals surface area contributed by atoms with Crippen LogP contribution < -0.4 is 0 Å². The lowest BCUT2D eigenvalue weighted by atomic mass is 10.3. The van der Waals surface area contributed by atoms with Crippen molar-refractivity contribution in [2.45, 2.75) is 13.0 Å². The second kappa shape index (κ2) is 4.74. The topological polar surface area (TPSA) is 76.4 Å². The van der Waals surface area contributed by atoms with Gasteiger partial charge in [-0.1, -0.05) is 0 Å². The smallest absolute Gasteiger partial charge is 0.352 e. The van der Waals surface area contributed by atoms with Crippen molar-refractivity contribution in [2.24, 2.45) is 0 Å². The van der Waals surface area contributed by atoms with E-state index in [9.17, 15) is 13.2 Å². The van der Waals surface area contributed by atoms with E-state index in [1.165, 1.54) is 10.6 Å². The van der Waals surface area contributed by atoms with E-state index < -0.39 is 15.8 Å². The fourth-order valence-corrected chi connectivity index (χ4v) is 3.13. The molecule has 0 fully saturated rings. The third-order valence-electron chi connectivity index (χ3n) is 2.05. The quantitative estimate of drug-likeness (QED) is 0.827. The van der Waals surface area contributed by atoms with Gasteiger partial charge in [-0.3, -0.25) is 0 Å². The standard InChI is InChI=1S/C9H12INO4S/c1-6(5-16(2,14)15)11-4-7(10)3-8(11)9(12)13/h3-4,6H,5H2,1-2H3,(H,12,13). The summed E-state index contributed by atoms with van der Waals surface area (Å²) < 4.78 is 24.5. The fraction of sp³-hybridized carbons (Fsp3) is 0.444. The van der Waals surface area contributed by atoms with Gasteiger partial charge in [-0.25, -0.2) is 13.2 Å². The third-order valence-corrected chi connectivity index (χ3v) is 3.73. The maximum absolute atomic E-state index is 11.1. The van der Waals surface area contributed by atoms with Gasteiger partial charge in [-0.15, -0.1) is 0 Å². The van der Waals surface area contributed by atoms with Crippen molar-refractivity contribution in [1.29, 1.82) is 0 Å². The summed E-state index contributed by atoms with van der Waals surface area (Å²) in [7, 11) is -3.12. The number of hydrogen-bond acceptors (Lipinski definition) is 3. The van der Waals surface area contributed by atoms with Gasteiger partial charge in [0.1, 0.15) is 15.5 Å². The Kier molecular flexibility index (Phi) is 4.00. The first kappa shape index (κ1) is 13.5. The molecule has 0 aliphatic carbocycles. The molecule has 0 radical (unpaired) electrons. The van der Waals surface area contributed by atoms with Crippen LogP contribution in [0.25, 0.3) is 0 Å². The summed E-state index contributed by atoms with van der Waals surface area (Å²) >= 11 is 2.00. The summed E-state index contributed by atoms with van der Waals surface area (Å²) in [5.74, 6) is -1.12. The van der Waals surface area contributed by atoms with Crippen LogP contribution in [0.3, 0.4) is 0 Å². The lowest BCUT2D eigenvalue weighted by Crippen LogP contribution is -2.19. The van der Waals surface area contributed by atoms with Crippen LogP contribution in [0.1, 0.15) is 23.5 Å². The van der Waals surface area contributed by atoms with Gasteiger partial charge in [-0.05, 0) is 35.6 Å². The molecular formula is C9H12INO4S. The third kappa shape index (κ3) is 3.48. The minimum atomic E-state index is -3.12. The highest BCUT2D eigenvalue weighted by molar-refractivity contribution is 14.1. The van der Waals surface area contributed by atoms with Crippen molar-refractivity contribution < 1.29 is 18.3 Å². The van der Waals surface area contributed by atoms with Gasteiger partial charge in [0.15, 0.2) is 0 Å². The highest BCUT2D eigenvalue weighted by atomic mass is 127. The van der Waals surface area contributed by atoms with Gasteiger partial charge in [0.2, 0.25) is 0 Å². The van der Waals surface area contributed by atoms with Crippen molar-refractivity contribution in [1.82, 2.24) is 4.57 Å². The summed E-state index contributed by atoms with van der Waals surface area (Å²) in [5.41, 5.74) is 0.112. The second-order valence-electron chi connectivity index (χ2n) is 3.70. The van der Waals surface area contributed by atoms with Crippen LogP contribution in [0.4, 0.5) is 0 Å². The Bertz CT molecular complexity index is 506. The molecular weight excluding hydrogens is 345 g/mol. The van der Waals surface area contributed by atoms with Crippen LogP contribution in [0.15, 0.2) is 12.3 Å². The molecule has 16 heavy (non-hydrogen) atoms. The molecule has 0 amide bonds. The normalized spacial score (nSPS) is 13.7. The van der Waals surface area contributed by atoms with Crippen LogP contribution >= 0.6 is 22.6 Å². The van der Waals surface area contributed by atoms with E-state index in [-0.39, 0.29) is 17.5 Å². The lowest BCUT2D eigenvalue weighted by Gasteiger charge is -2.14. The van der Waals surface area contributed by atoms with Crippen LogP contribution in [-0.2, 0) is 9.84 Å². The van der Waals surface area contributed by atoms with Crippen LogP contribution in [0.5, 0.6) is 0 Å². The molecule has 0 bridgehead atoms. The largest absolute Gasteiger partial charge is 0.477 e. The van der Waals surface area contributed by atoms with E-state index in [0.29, 0.717) is 0 Å². The highest BCUT2D eigenvalue weighted by Crippen LogP contribution is 2.18. The molecule has 0 aromatic carbocycles. The van der Waals surface area contributed by atoms with Crippen molar-refractivity contribution >= 4 is 38.4 Å². The van der Waals surface area contributed by atoms with Gasteiger partial charge < -0.3 is 9.67 Å². The molecule has 0 saturated heterocycles. The zero-order valence-corrected chi connectivity index (χ0v) is 11.8. The molecule has 90 valence electrons. The van der Waals surface area contributed by atoms with E-state index in [4.69, 9.17) is 5.11 Å². The highest BCUT2D eigenvalue weighted by Gasteiger charge is 2.18. The average Bonchev–Trinajstić information content (AvgIpc) is 2.44. The van der Waals surface area contributed by atoms with Crippen LogP contribution in [0.2, 0.25) is 0 Å². The summed E-state index contributed by atoms with van der Waals surface area (Å²) in [5, 5.41) is 8.95. The van der Waals surface area contributed by atoms with Gasteiger partial charge in [-0.2, -0.15) is 0 Å². The van der Waals surface area contributed by atoms with E-state index in [0.717, 1.165) is 9.83 Å². The first-order valence-electron chi connectivity index (χ1n) is 4.49. The fourth-order valence-electron chi connectivity index (χ4n) is 1.50.